The summed E-state index contributed by atoms with van der Waals surface area (Å²) < 4.78 is 44.0. The molecular formula is C29H50O22. The standard InChI is InChI=1S/C29H50O22/c1-7-24(18(37)20(39)26(43)45-7)46-8-2-3-9(14(33)13(8)32)47-27-21(40)16(35)12(6-44-27)50-28-23(42)19(38)25(11(5-31)49-28)51-29-22(41)17(36)15(34)10(4-30)48-29/h7-43H,2-6H2,1H3. The fraction of sp³-hybridized carbons (Fsp3) is 1.00. The van der Waals surface area contributed by atoms with Crippen LogP contribution in [0.4, 0.5) is 0 Å². The monoisotopic (exact) mass is 750 g/mol. The molecule has 23 unspecified atom stereocenters. The highest BCUT2D eigenvalue weighted by Gasteiger charge is 2.53. The third-order valence-electron chi connectivity index (χ3n) is 9.99. The highest BCUT2D eigenvalue weighted by Crippen LogP contribution is 2.34. The van der Waals surface area contributed by atoms with Crippen LogP contribution in [0.15, 0.2) is 0 Å². The molecular weight excluding hydrogens is 700 g/mol. The fourth-order valence-corrected chi connectivity index (χ4v) is 6.84. The minimum atomic E-state index is -1.92. The van der Waals surface area contributed by atoms with Gasteiger partial charge in [-0.1, -0.05) is 0 Å². The van der Waals surface area contributed by atoms with E-state index >= 15 is 0 Å². The van der Waals surface area contributed by atoms with Crippen molar-refractivity contribution in [1.29, 1.82) is 0 Å². The zero-order chi connectivity index (χ0) is 37.5. The van der Waals surface area contributed by atoms with Crippen molar-refractivity contribution in [2.45, 2.75) is 161 Å². The first kappa shape index (κ1) is 41.3. The van der Waals surface area contributed by atoms with Crippen molar-refractivity contribution < 1.29 is 109 Å². The molecule has 0 aromatic carbocycles. The van der Waals surface area contributed by atoms with Gasteiger partial charge in [0.2, 0.25) is 0 Å². The SMILES string of the molecule is CC1OC(O)C(O)C(O)C1OC1CCC(OC2OCC(OC3OC(CO)C(OC4OC(CO)C(O)C(O)C4O)C(O)C3O)C(O)C2O)C(O)C1O. The molecule has 22 heteroatoms. The molecule has 4 saturated heterocycles. The third kappa shape index (κ3) is 8.52. The van der Waals surface area contributed by atoms with Gasteiger partial charge in [-0.3, -0.25) is 0 Å². The van der Waals surface area contributed by atoms with E-state index in [1.807, 2.05) is 0 Å². The molecule has 5 rings (SSSR count). The quantitative estimate of drug-likeness (QED) is 0.0985. The van der Waals surface area contributed by atoms with Crippen LogP contribution in [0.3, 0.4) is 0 Å². The van der Waals surface area contributed by atoms with E-state index in [-0.39, 0.29) is 12.8 Å². The summed E-state index contributed by atoms with van der Waals surface area (Å²) in [6.07, 6.45) is -35.7. The molecule has 0 radical (unpaired) electrons. The van der Waals surface area contributed by atoms with Crippen molar-refractivity contribution in [2.24, 2.45) is 0 Å². The van der Waals surface area contributed by atoms with Gasteiger partial charge < -0.3 is 109 Å². The second-order valence-corrected chi connectivity index (χ2v) is 13.4. The Balaban J connectivity index is 1.13. The van der Waals surface area contributed by atoms with Gasteiger partial charge in [-0.25, -0.2) is 0 Å². The lowest BCUT2D eigenvalue weighted by atomic mass is 9.88. The van der Waals surface area contributed by atoms with Crippen LogP contribution in [-0.2, 0) is 37.9 Å². The van der Waals surface area contributed by atoms with Crippen LogP contribution < -0.4 is 0 Å². The minimum Gasteiger partial charge on any atom is -0.394 e. The molecule has 0 aromatic heterocycles. The lowest BCUT2D eigenvalue weighted by molar-refractivity contribution is -0.374. The predicted octanol–water partition coefficient (Wildman–Crippen LogP) is -8.81. The molecule has 4 heterocycles. The molecule has 5 fully saturated rings. The van der Waals surface area contributed by atoms with E-state index in [9.17, 15) is 71.5 Å². The van der Waals surface area contributed by atoms with Crippen LogP contribution in [0.1, 0.15) is 19.8 Å². The average molecular weight is 751 g/mol. The second-order valence-electron chi connectivity index (χ2n) is 13.4. The average Bonchev–Trinajstić information content (AvgIpc) is 3.11. The first-order chi connectivity index (χ1) is 24.1. The molecule has 1 saturated carbocycles. The number of hydrogen-bond donors (Lipinski definition) is 14. The van der Waals surface area contributed by atoms with Gasteiger partial charge in [-0.05, 0) is 19.8 Å². The molecule has 0 bridgehead atoms. The molecule has 51 heavy (non-hydrogen) atoms. The van der Waals surface area contributed by atoms with Crippen LogP contribution in [0, 0.1) is 0 Å². The van der Waals surface area contributed by atoms with E-state index in [4.69, 9.17) is 37.9 Å². The Bertz CT molecular complexity index is 1090. The number of aliphatic hydroxyl groups is 14. The largest absolute Gasteiger partial charge is 0.394 e. The maximum atomic E-state index is 10.8. The van der Waals surface area contributed by atoms with Gasteiger partial charge in [-0.15, -0.1) is 0 Å². The first-order valence-electron chi connectivity index (χ1n) is 16.7. The fourth-order valence-electron chi connectivity index (χ4n) is 6.84. The summed E-state index contributed by atoms with van der Waals surface area (Å²) in [6, 6.07) is 0. The summed E-state index contributed by atoms with van der Waals surface area (Å²) in [6.45, 7) is -0.602. The molecule has 14 N–H and O–H groups in total. The lowest BCUT2D eigenvalue weighted by Crippen LogP contribution is -2.65. The predicted molar refractivity (Wildman–Crippen MR) is 156 cm³/mol. The van der Waals surface area contributed by atoms with Crippen LogP contribution in [0.5, 0.6) is 0 Å². The number of ether oxygens (including phenoxy) is 8. The van der Waals surface area contributed by atoms with Crippen molar-refractivity contribution in [3.05, 3.63) is 0 Å². The summed E-state index contributed by atoms with van der Waals surface area (Å²) in [4.78, 5) is 0. The topological polar surface area (TPSA) is 357 Å². The summed E-state index contributed by atoms with van der Waals surface area (Å²) in [5.74, 6) is 0. The van der Waals surface area contributed by atoms with Gasteiger partial charge in [0.15, 0.2) is 25.2 Å². The van der Waals surface area contributed by atoms with Gasteiger partial charge >= 0.3 is 0 Å². The molecule has 0 spiro atoms. The molecule has 298 valence electrons. The van der Waals surface area contributed by atoms with Gasteiger partial charge in [-0.2, -0.15) is 0 Å². The van der Waals surface area contributed by atoms with Crippen molar-refractivity contribution in [1.82, 2.24) is 0 Å². The Morgan fingerprint density at radius 2 is 0.941 bits per heavy atom. The zero-order valence-corrected chi connectivity index (χ0v) is 27.3. The maximum Gasteiger partial charge on any atom is 0.187 e. The van der Waals surface area contributed by atoms with Gasteiger partial charge in [0.1, 0.15) is 97.7 Å². The van der Waals surface area contributed by atoms with Gasteiger partial charge in [0.25, 0.3) is 0 Å². The normalized spacial score (nSPS) is 54.3. The number of rotatable bonds is 10. The molecule has 23 atom stereocenters. The molecule has 22 nitrogen and oxygen atoms in total. The third-order valence-corrected chi connectivity index (χ3v) is 9.99. The van der Waals surface area contributed by atoms with Crippen molar-refractivity contribution >= 4 is 0 Å². The van der Waals surface area contributed by atoms with E-state index in [0.29, 0.717) is 0 Å². The van der Waals surface area contributed by atoms with Crippen LogP contribution in [-0.4, -0.2) is 232 Å². The Hall–Kier alpha value is -0.880. The second kappa shape index (κ2) is 17.3. The number of aliphatic hydroxyl groups excluding tert-OH is 14. The highest BCUT2D eigenvalue weighted by atomic mass is 16.8. The molecule has 0 amide bonds. The smallest absolute Gasteiger partial charge is 0.187 e. The Morgan fingerprint density at radius 3 is 1.57 bits per heavy atom. The molecule has 1 aliphatic carbocycles. The van der Waals surface area contributed by atoms with Gasteiger partial charge in [0, 0.05) is 0 Å². The van der Waals surface area contributed by atoms with Crippen LogP contribution in [0.25, 0.3) is 0 Å². The summed E-state index contributed by atoms with van der Waals surface area (Å²) >= 11 is 0. The Labute approximate surface area is 290 Å². The number of hydrogen-bond acceptors (Lipinski definition) is 22. The van der Waals surface area contributed by atoms with E-state index < -0.39 is 161 Å². The van der Waals surface area contributed by atoms with E-state index in [1.54, 1.807) is 0 Å². The first-order valence-corrected chi connectivity index (χ1v) is 16.7. The van der Waals surface area contributed by atoms with E-state index in [2.05, 4.69) is 0 Å². The summed E-state index contributed by atoms with van der Waals surface area (Å²) in [5, 5.41) is 144. The Morgan fingerprint density at radius 1 is 0.451 bits per heavy atom. The molecule has 0 aromatic rings. The van der Waals surface area contributed by atoms with Crippen LogP contribution in [0.2, 0.25) is 0 Å². The van der Waals surface area contributed by atoms with Crippen molar-refractivity contribution in [2.75, 3.05) is 19.8 Å². The van der Waals surface area contributed by atoms with Crippen molar-refractivity contribution in [3.8, 4) is 0 Å². The zero-order valence-electron chi connectivity index (χ0n) is 27.3. The van der Waals surface area contributed by atoms with E-state index in [0.717, 1.165) is 0 Å². The Kier molecular flexibility index (Phi) is 14.0. The lowest BCUT2D eigenvalue weighted by Gasteiger charge is -2.47. The van der Waals surface area contributed by atoms with Crippen LogP contribution >= 0.6 is 0 Å². The van der Waals surface area contributed by atoms with Gasteiger partial charge in [0.05, 0.1) is 38.1 Å². The highest BCUT2D eigenvalue weighted by molar-refractivity contribution is 4.97. The van der Waals surface area contributed by atoms with Crippen molar-refractivity contribution in [3.63, 3.8) is 0 Å². The minimum absolute atomic E-state index is 0.0453. The van der Waals surface area contributed by atoms with E-state index in [1.165, 1.54) is 6.92 Å². The summed E-state index contributed by atoms with van der Waals surface area (Å²) in [7, 11) is 0. The maximum absolute atomic E-state index is 10.8. The summed E-state index contributed by atoms with van der Waals surface area (Å²) in [5.41, 5.74) is 0. The molecule has 5 aliphatic rings. The molecule has 4 aliphatic heterocycles.